The lowest BCUT2D eigenvalue weighted by molar-refractivity contribution is 0.102. The third-order valence-corrected chi connectivity index (χ3v) is 5.81. The Morgan fingerprint density at radius 3 is 2.60 bits per heavy atom. The quantitative estimate of drug-likeness (QED) is 0.451. The zero-order chi connectivity index (χ0) is 24.5. The monoisotopic (exact) mass is 470 g/mol. The van der Waals surface area contributed by atoms with Crippen molar-refractivity contribution in [3.8, 4) is 11.5 Å². The fraction of sp³-hybridized carbons (Fsp3) is 0.154. The van der Waals surface area contributed by atoms with Gasteiger partial charge in [0.25, 0.3) is 5.91 Å². The summed E-state index contributed by atoms with van der Waals surface area (Å²) in [4.78, 5) is 30.4. The Morgan fingerprint density at radius 1 is 1.17 bits per heavy atom. The van der Waals surface area contributed by atoms with Gasteiger partial charge < -0.3 is 19.6 Å². The topological polar surface area (TPSA) is 119 Å². The number of aryl methyl sites for hydroxylation is 1. The summed E-state index contributed by atoms with van der Waals surface area (Å²) in [5.74, 6) is 0.636. The Morgan fingerprint density at radius 2 is 1.91 bits per heavy atom. The summed E-state index contributed by atoms with van der Waals surface area (Å²) >= 11 is 0. The molecule has 0 bridgehead atoms. The molecule has 1 aliphatic heterocycles. The maximum absolute atomic E-state index is 13.1. The van der Waals surface area contributed by atoms with Crippen LogP contribution >= 0.6 is 0 Å². The summed E-state index contributed by atoms with van der Waals surface area (Å²) < 4.78 is 12.1. The molecule has 1 amide bonds. The summed E-state index contributed by atoms with van der Waals surface area (Å²) in [6.07, 6.45) is 1.70. The molecule has 1 aliphatic rings. The van der Waals surface area contributed by atoms with Crippen molar-refractivity contribution in [2.75, 3.05) is 12.4 Å². The molecule has 3 heterocycles. The molecule has 0 unspecified atom stereocenters. The summed E-state index contributed by atoms with van der Waals surface area (Å²) in [5.41, 5.74) is 1.31. The van der Waals surface area contributed by atoms with Crippen molar-refractivity contribution in [2.24, 2.45) is 4.99 Å². The summed E-state index contributed by atoms with van der Waals surface area (Å²) in [6, 6.07) is 17.5. The number of rotatable bonds is 5. The normalized spacial score (nSPS) is 14.7. The van der Waals surface area contributed by atoms with Crippen molar-refractivity contribution in [3.05, 3.63) is 99.7 Å². The number of fused-ring (bicyclic) bond motifs is 1. The van der Waals surface area contributed by atoms with E-state index in [1.165, 1.54) is 12.3 Å². The van der Waals surface area contributed by atoms with Crippen LogP contribution in [0.1, 0.15) is 39.7 Å². The minimum absolute atomic E-state index is 0.0315. The average molecular weight is 470 g/mol. The van der Waals surface area contributed by atoms with Crippen molar-refractivity contribution in [3.63, 3.8) is 0 Å². The number of carbonyl (C=O) groups excluding carboxylic acids is 1. The van der Waals surface area contributed by atoms with E-state index in [0.29, 0.717) is 17.1 Å². The van der Waals surface area contributed by atoms with E-state index >= 15 is 0 Å². The number of aromatic hydroxyl groups is 1. The Bertz CT molecular complexity index is 1490. The van der Waals surface area contributed by atoms with E-state index in [1.54, 1.807) is 30.8 Å². The van der Waals surface area contributed by atoms with Gasteiger partial charge in [-0.05, 0) is 36.8 Å². The third kappa shape index (κ3) is 4.19. The Kier molecular flexibility index (Phi) is 5.66. The standard InChI is InChI=1S/C26H22N4O5/c1-15-12-22(31)23(26(33)35-15)20-13-21(16-8-10-18(34-2)11-9-16)30-24(29-20)19(14-27-30)25(32)28-17-6-4-3-5-7-17/h3-12,14,21,31H,13H2,1-2H3,(H,28,32)/t21-/m1/s1. The van der Waals surface area contributed by atoms with Crippen LogP contribution in [-0.4, -0.2) is 33.6 Å². The number of nitrogens with zero attached hydrogens (tertiary/aromatic N) is 3. The molecule has 35 heavy (non-hydrogen) atoms. The molecule has 1 atom stereocenters. The highest BCUT2D eigenvalue weighted by Gasteiger charge is 2.32. The molecular weight excluding hydrogens is 448 g/mol. The molecule has 5 rings (SSSR count). The molecule has 9 nitrogen and oxygen atoms in total. The summed E-state index contributed by atoms with van der Waals surface area (Å²) in [6.45, 7) is 1.58. The summed E-state index contributed by atoms with van der Waals surface area (Å²) in [7, 11) is 1.59. The fourth-order valence-electron chi connectivity index (χ4n) is 4.12. The van der Waals surface area contributed by atoms with Crippen molar-refractivity contribution in [1.29, 1.82) is 0 Å². The van der Waals surface area contributed by atoms with Gasteiger partial charge >= 0.3 is 5.63 Å². The van der Waals surface area contributed by atoms with Crippen LogP contribution in [-0.2, 0) is 0 Å². The lowest BCUT2D eigenvalue weighted by atomic mass is 9.96. The molecule has 2 N–H and O–H groups in total. The Balaban J connectivity index is 1.63. The molecule has 0 aliphatic carbocycles. The number of anilines is 1. The minimum atomic E-state index is -0.696. The van der Waals surface area contributed by atoms with Crippen molar-refractivity contribution in [1.82, 2.24) is 9.78 Å². The second-order valence-corrected chi connectivity index (χ2v) is 8.10. The summed E-state index contributed by atoms with van der Waals surface area (Å²) in [5, 5.41) is 17.9. The van der Waals surface area contributed by atoms with Gasteiger partial charge in [0.1, 0.15) is 28.4 Å². The van der Waals surface area contributed by atoms with Crippen LogP contribution in [0.3, 0.4) is 0 Å². The van der Waals surface area contributed by atoms with Gasteiger partial charge in [0.05, 0.1) is 25.1 Å². The smallest absolute Gasteiger partial charge is 0.348 e. The first-order chi connectivity index (χ1) is 16.9. The molecule has 0 spiro atoms. The van der Waals surface area contributed by atoms with Gasteiger partial charge in [-0.25, -0.2) is 14.5 Å². The average Bonchev–Trinajstić information content (AvgIpc) is 3.28. The van der Waals surface area contributed by atoms with Gasteiger partial charge in [0.15, 0.2) is 5.82 Å². The highest BCUT2D eigenvalue weighted by Crippen LogP contribution is 2.37. The van der Waals surface area contributed by atoms with Crippen LogP contribution in [0.15, 0.2) is 81.1 Å². The first kappa shape index (κ1) is 22.1. The van der Waals surface area contributed by atoms with E-state index in [9.17, 15) is 14.7 Å². The number of carbonyl (C=O) groups is 1. The van der Waals surface area contributed by atoms with E-state index in [0.717, 1.165) is 5.56 Å². The molecule has 176 valence electrons. The maximum atomic E-state index is 13.1. The van der Waals surface area contributed by atoms with Gasteiger partial charge in [-0.1, -0.05) is 30.3 Å². The lowest BCUT2D eigenvalue weighted by Crippen LogP contribution is -2.25. The molecule has 2 aromatic carbocycles. The predicted octanol–water partition coefficient (Wildman–Crippen LogP) is 4.23. The first-order valence-electron chi connectivity index (χ1n) is 10.9. The third-order valence-electron chi connectivity index (χ3n) is 5.81. The molecule has 0 saturated heterocycles. The molecular formula is C26H22N4O5. The molecule has 2 aromatic heterocycles. The number of aliphatic imine (C=N–C) groups is 1. The van der Waals surface area contributed by atoms with Gasteiger partial charge in [-0.2, -0.15) is 5.10 Å². The van der Waals surface area contributed by atoms with E-state index in [-0.39, 0.29) is 40.9 Å². The largest absolute Gasteiger partial charge is 0.507 e. The molecule has 9 heteroatoms. The number of para-hydroxylation sites is 1. The van der Waals surface area contributed by atoms with Crippen LogP contribution in [0.5, 0.6) is 11.5 Å². The number of hydrogen-bond acceptors (Lipinski definition) is 7. The van der Waals surface area contributed by atoms with E-state index in [4.69, 9.17) is 9.15 Å². The highest BCUT2D eigenvalue weighted by atomic mass is 16.5. The zero-order valence-electron chi connectivity index (χ0n) is 19.1. The van der Waals surface area contributed by atoms with E-state index in [2.05, 4.69) is 15.4 Å². The van der Waals surface area contributed by atoms with Gasteiger partial charge in [-0.3, -0.25) is 4.79 Å². The second-order valence-electron chi connectivity index (χ2n) is 8.10. The Labute approximate surface area is 200 Å². The number of amides is 1. The van der Waals surface area contributed by atoms with Gasteiger partial charge in [0, 0.05) is 18.2 Å². The molecule has 0 fully saturated rings. The maximum Gasteiger partial charge on any atom is 0.348 e. The van der Waals surface area contributed by atoms with Crippen LogP contribution in [0.4, 0.5) is 11.5 Å². The SMILES string of the molecule is COc1ccc([C@H]2CC(c3c(O)cc(C)oc3=O)=Nc3c(C(=O)Nc4ccccc4)cnn32)cc1. The second kappa shape index (κ2) is 8.94. The minimum Gasteiger partial charge on any atom is -0.507 e. The predicted molar refractivity (Wildman–Crippen MR) is 130 cm³/mol. The van der Waals surface area contributed by atoms with E-state index in [1.807, 2.05) is 42.5 Å². The molecule has 0 saturated carbocycles. The van der Waals surface area contributed by atoms with Gasteiger partial charge in [-0.15, -0.1) is 0 Å². The van der Waals surface area contributed by atoms with Crippen molar-refractivity contribution < 1.29 is 19.1 Å². The van der Waals surface area contributed by atoms with Crippen molar-refractivity contribution >= 4 is 23.1 Å². The lowest BCUT2D eigenvalue weighted by Gasteiger charge is -2.25. The number of methoxy groups -OCH3 is 1. The van der Waals surface area contributed by atoms with Crippen LogP contribution in [0.2, 0.25) is 0 Å². The number of aromatic nitrogens is 2. The number of hydrogen-bond donors (Lipinski definition) is 2. The number of benzene rings is 2. The van der Waals surface area contributed by atoms with E-state index < -0.39 is 11.5 Å². The fourth-order valence-corrected chi connectivity index (χ4v) is 4.12. The van der Waals surface area contributed by atoms with Gasteiger partial charge in [0.2, 0.25) is 0 Å². The van der Waals surface area contributed by atoms with Crippen LogP contribution < -0.4 is 15.7 Å². The van der Waals surface area contributed by atoms with Crippen LogP contribution in [0.25, 0.3) is 0 Å². The zero-order valence-corrected chi connectivity index (χ0v) is 19.1. The number of ether oxygens (including phenoxy) is 1. The van der Waals surface area contributed by atoms with Crippen molar-refractivity contribution in [2.45, 2.75) is 19.4 Å². The molecule has 0 radical (unpaired) electrons. The van der Waals surface area contributed by atoms with Crippen LogP contribution in [0, 0.1) is 6.92 Å². The Hall–Kier alpha value is -4.66. The molecule has 4 aromatic rings. The number of nitrogens with one attached hydrogen (secondary N) is 1. The highest BCUT2D eigenvalue weighted by molar-refractivity contribution is 6.10. The first-order valence-corrected chi connectivity index (χ1v) is 10.9.